The lowest BCUT2D eigenvalue weighted by atomic mass is 9.96. The Morgan fingerprint density at radius 2 is 0.865 bits per heavy atom. The molecular formula is C50H38N2. The highest BCUT2D eigenvalue weighted by Gasteiger charge is 2.17. The standard InChI is InChI=1S/C50H38N2/c1-35-13-6-7-18-45(35)46-32-31-44(33-36(46)2)51(41-27-23-38(24-28-41)37-14-4-3-5-15-37)43-17-12-16-40(34-43)39-25-29-42(30-26-39)52-49-21-10-8-19-47(49)48-20-9-11-22-50(48)52/h3-34H,1-2H3. The molecule has 9 aromatic rings. The summed E-state index contributed by atoms with van der Waals surface area (Å²) in [5, 5.41) is 2.54. The molecule has 1 heterocycles. The summed E-state index contributed by atoms with van der Waals surface area (Å²) in [5.74, 6) is 0. The van der Waals surface area contributed by atoms with Crippen molar-refractivity contribution in [1.29, 1.82) is 0 Å². The normalized spacial score (nSPS) is 11.3. The van der Waals surface area contributed by atoms with Gasteiger partial charge in [-0.05, 0) is 119 Å². The molecule has 0 bridgehead atoms. The van der Waals surface area contributed by atoms with Crippen molar-refractivity contribution in [2.24, 2.45) is 0 Å². The Morgan fingerprint density at radius 3 is 1.56 bits per heavy atom. The number of hydrogen-bond acceptors (Lipinski definition) is 1. The Labute approximate surface area is 305 Å². The molecule has 0 saturated heterocycles. The van der Waals surface area contributed by atoms with Crippen LogP contribution in [-0.4, -0.2) is 4.57 Å². The predicted octanol–water partition coefficient (Wildman–Crippen LogP) is 13.9. The van der Waals surface area contributed by atoms with E-state index in [1.165, 1.54) is 66.3 Å². The minimum absolute atomic E-state index is 1.11. The Bertz CT molecular complexity index is 2630. The van der Waals surface area contributed by atoms with Crippen LogP contribution in [0.25, 0.3) is 60.9 Å². The average molecular weight is 667 g/mol. The van der Waals surface area contributed by atoms with Gasteiger partial charge in [0, 0.05) is 33.5 Å². The van der Waals surface area contributed by atoms with Crippen LogP contribution in [0.5, 0.6) is 0 Å². The molecule has 1 aromatic heterocycles. The first-order valence-corrected chi connectivity index (χ1v) is 17.9. The molecule has 52 heavy (non-hydrogen) atoms. The number of nitrogens with zero attached hydrogens (tertiary/aromatic N) is 2. The van der Waals surface area contributed by atoms with Crippen LogP contribution < -0.4 is 4.90 Å². The number of benzene rings is 8. The van der Waals surface area contributed by atoms with E-state index in [1.54, 1.807) is 0 Å². The maximum Gasteiger partial charge on any atom is 0.0541 e. The van der Waals surface area contributed by atoms with E-state index < -0.39 is 0 Å². The molecule has 0 unspecified atom stereocenters. The van der Waals surface area contributed by atoms with Gasteiger partial charge < -0.3 is 9.47 Å². The summed E-state index contributed by atoms with van der Waals surface area (Å²) < 4.78 is 2.37. The third kappa shape index (κ3) is 5.65. The number of aryl methyl sites for hydroxylation is 2. The molecule has 0 amide bonds. The smallest absolute Gasteiger partial charge is 0.0541 e. The summed E-state index contributed by atoms with van der Waals surface area (Å²) in [7, 11) is 0. The zero-order chi connectivity index (χ0) is 35.0. The van der Waals surface area contributed by atoms with Gasteiger partial charge in [0.2, 0.25) is 0 Å². The molecule has 2 nitrogen and oxygen atoms in total. The summed E-state index contributed by atoms with van der Waals surface area (Å²) in [6, 6.07) is 70.2. The summed E-state index contributed by atoms with van der Waals surface area (Å²) in [6.07, 6.45) is 0. The molecule has 0 fully saturated rings. The largest absolute Gasteiger partial charge is 0.310 e. The quantitative estimate of drug-likeness (QED) is 0.164. The molecule has 0 spiro atoms. The van der Waals surface area contributed by atoms with Crippen molar-refractivity contribution in [3.05, 3.63) is 205 Å². The van der Waals surface area contributed by atoms with Gasteiger partial charge >= 0.3 is 0 Å². The van der Waals surface area contributed by atoms with E-state index in [0.717, 1.165) is 22.7 Å². The van der Waals surface area contributed by atoms with E-state index in [4.69, 9.17) is 0 Å². The maximum atomic E-state index is 2.37. The Morgan fingerprint density at radius 1 is 0.346 bits per heavy atom. The highest BCUT2D eigenvalue weighted by Crippen LogP contribution is 2.40. The van der Waals surface area contributed by atoms with E-state index in [0.29, 0.717) is 0 Å². The molecule has 0 N–H and O–H groups in total. The summed E-state index contributed by atoms with van der Waals surface area (Å²) in [4.78, 5) is 2.37. The molecule has 0 radical (unpaired) electrons. The summed E-state index contributed by atoms with van der Waals surface area (Å²) >= 11 is 0. The SMILES string of the molecule is Cc1ccccc1-c1ccc(N(c2ccc(-c3ccccc3)cc2)c2cccc(-c3ccc(-n4c5ccccc5c5ccccc54)cc3)c2)cc1C. The van der Waals surface area contributed by atoms with E-state index >= 15 is 0 Å². The van der Waals surface area contributed by atoms with Crippen LogP contribution in [0.1, 0.15) is 11.1 Å². The number of hydrogen-bond donors (Lipinski definition) is 0. The van der Waals surface area contributed by atoms with E-state index in [1.807, 2.05) is 0 Å². The van der Waals surface area contributed by atoms with Crippen LogP contribution in [0.2, 0.25) is 0 Å². The van der Waals surface area contributed by atoms with Crippen molar-refractivity contribution in [2.75, 3.05) is 4.90 Å². The van der Waals surface area contributed by atoms with Gasteiger partial charge in [0.05, 0.1) is 11.0 Å². The molecule has 0 saturated carbocycles. The van der Waals surface area contributed by atoms with E-state index in [9.17, 15) is 0 Å². The fourth-order valence-corrected chi connectivity index (χ4v) is 7.67. The second-order valence-corrected chi connectivity index (χ2v) is 13.5. The number of fused-ring (bicyclic) bond motifs is 3. The van der Waals surface area contributed by atoms with Crippen molar-refractivity contribution in [3.8, 4) is 39.1 Å². The number of anilines is 3. The fourth-order valence-electron chi connectivity index (χ4n) is 7.67. The minimum atomic E-state index is 1.11. The minimum Gasteiger partial charge on any atom is -0.310 e. The van der Waals surface area contributed by atoms with Crippen molar-refractivity contribution in [3.63, 3.8) is 0 Å². The number of aromatic nitrogens is 1. The van der Waals surface area contributed by atoms with Crippen LogP contribution in [0.15, 0.2) is 194 Å². The van der Waals surface area contributed by atoms with Gasteiger partial charge in [0.15, 0.2) is 0 Å². The fraction of sp³-hybridized carbons (Fsp3) is 0.0400. The second kappa shape index (κ2) is 13.2. The first-order chi connectivity index (χ1) is 25.6. The molecule has 9 rings (SSSR count). The molecule has 0 aliphatic heterocycles. The highest BCUT2D eigenvalue weighted by atomic mass is 15.1. The van der Waals surface area contributed by atoms with Gasteiger partial charge in [0.1, 0.15) is 0 Å². The lowest BCUT2D eigenvalue weighted by molar-refractivity contribution is 1.18. The Hall–Kier alpha value is -6.64. The van der Waals surface area contributed by atoms with E-state index in [2.05, 4.69) is 217 Å². The van der Waals surface area contributed by atoms with Crippen molar-refractivity contribution in [2.45, 2.75) is 13.8 Å². The molecule has 2 heteroatoms. The molecule has 0 aliphatic rings. The van der Waals surface area contributed by atoms with Crippen LogP contribution >= 0.6 is 0 Å². The average Bonchev–Trinajstić information content (AvgIpc) is 3.54. The third-order valence-electron chi connectivity index (χ3n) is 10.3. The molecule has 8 aromatic carbocycles. The van der Waals surface area contributed by atoms with Gasteiger partial charge in [-0.25, -0.2) is 0 Å². The van der Waals surface area contributed by atoms with Crippen LogP contribution in [-0.2, 0) is 0 Å². The molecule has 0 aliphatic carbocycles. The van der Waals surface area contributed by atoms with Crippen molar-refractivity contribution < 1.29 is 0 Å². The van der Waals surface area contributed by atoms with Crippen molar-refractivity contribution >= 4 is 38.9 Å². The third-order valence-corrected chi connectivity index (χ3v) is 10.3. The predicted molar refractivity (Wildman–Crippen MR) is 221 cm³/mol. The highest BCUT2D eigenvalue weighted by molar-refractivity contribution is 6.09. The first-order valence-electron chi connectivity index (χ1n) is 17.9. The summed E-state index contributed by atoms with van der Waals surface area (Å²) in [5.41, 5.74) is 16.8. The molecule has 248 valence electrons. The second-order valence-electron chi connectivity index (χ2n) is 13.5. The van der Waals surface area contributed by atoms with Gasteiger partial charge in [0.25, 0.3) is 0 Å². The van der Waals surface area contributed by atoms with Gasteiger partial charge in [-0.2, -0.15) is 0 Å². The van der Waals surface area contributed by atoms with E-state index in [-0.39, 0.29) is 0 Å². The van der Waals surface area contributed by atoms with Gasteiger partial charge in [-0.15, -0.1) is 0 Å². The molecule has 0 atom stereocenters. The lowest BCUT2D eigenvalue weighted by Crippen LogP contribution is -2.10. The van der Waals surface area contributed by atoms with Crippen LogP contribution in [0.4, 0.5) is 17.1 Å². The van der Waals surface area contributed by atoms with Gasteiger partial charge in [-0.3, -0.25) is 0 Å². The van der Waals surface area contributed by atoms with Crippen molar-refractivity contribution in [1.82, 2.24) is 4.57 Å². The van der Waals surface area contributed by atoms with Crippen LogP contribution in [0.3, 0.4) is 0 Å². The number of para-hydroxylation sites is 2. The zero-order valence-electron chi connectivity index (χ0n) is 29.4. The summed E-state index contributed by atoms with van der Waals surface area (Å²) in [6.45, 7) is 4.40. The zero-order valence-corrected chi connectivity index (χ0v) is 29.4. The Kier molecular flexibility index (Phi) is 7.98. The van der Waals surface area contributed by atoms with Crippen LogP contribution in [0, 0.1) is 13.8 Å². The molecular weight excluding hydrogens is 629 g/mol. The Balaban J connectivity index is 1.12. The monoisotopic (exact) mass is 666 g/mol. The lowest BCUT2D eigenvalue weighted by Gasteiger charge is -2.27. The maximum absolute atomic E-state index is 2.37. The number of rotatable bonds is 7. The van der Waals surface area contributed by atoms with Gasteiger partial charge in [-0.1, -0.05) is 133 Å². The first kappa shape index (κ1) is 31.3. The topological polar surface area (TPSA) is 8.17 Å².